The first-order valence-electron chi connectivity index (χ1n) is 9.30. The normalized spacial score (nSPS) is 31.2. The lowest BCUT2D eigenvalue weighted by Gasteiger charge is -2.37. The summed E-state index contributed by atoms with van der Waals surface area (Å²) < 4.78 is 0. The molecule has 3 fully saturated rings. The summed E-state index contributed by atoms with van der Waals surface area (Å²) in [5, 5.41) is 13.1. The van der Waals surface area contributed by atoms with Crippen LogP contribution in [0, 0.1) is 5.92 Å². The van der Waals surface area contributed by atoms with Gasteiger partial charge in [0.05, 0.1) is 13.2 Å². The summed E-state index contributed by atoms with van der Waals surface area (Å²) in [7, 11) is 0. The highest BCUT2D eigenvalue weighted by Gasteiger charge is 2.39. The molecule has 0 bridgehead atoms. The SMILES string of the molecule is CC1CCC(N(C(=O)CNC2(CO)CCCC2)C2CC2)CC1. The first kappa shape index (κ1) is 16.3. The van der Waals surface area contributed by atoms with E-state index in [1.165, 1.54) is 38.5 Å². The van der Waals surface area contributed by atoms with Crippen molar-refractivity contribution >= 4 is 5.91 Å². The van der Waals surface area contributed by atoms with Gasteiger partial charge in [-0.15, -0.1) is 0 Å². The molecule has 0 aliphatic heterocycles. The summed E-state index contributed by atoms with van der Waals surface area (Å²) in [6.07, 6.45) is 11.6. The number of carbonyl (C=O) groups is 1. The van der Waals surface area contributed by atoms with Crippen LogP contribution in [0.15, 0.2) is 0 Å². The van der Waals surface area contributed by atoms with Crippen molar-refractivity contribution in [1.82, 2.24) is 10.2 Å². The van der Waals surface area contributed by atoms with E-state index >= 15 is 0 Å². The molecule has 3 aliphatic rings. The van der Waals surface area contributed by atoms with Gasteiger partial charge in [-0.05, 0) is 57.3 Å². The van der Waals surface area contributed by atoms with Gasteiger partial charge in [-0.2, -0.15) is 0 Å². The summed E-state index contributed by atoms with van der Waals surface area (Å²) >= 11 is 0. The average Bonchev–Trinajstić information content (AvgIpc) is 3.24. The maximum absolute atomic E-state index is 12.8. The third-order valence-electron chi connectivity index (χ3n) is 6.08. The average molecular weight is 308 g/mol. The molecule has 0 aromatic rings. The van der Waals surface area contributed by atoms with E-state index in [1.54, 1.807) is 0 Å². The molecule has 126 valence electrons. The Hall–Kier alpha value is -0.610. The fourth-order valence-corrected chi connectivity index (χ4v) is 4.38. The Morgan fingerprint density at radius 2 is 1.64 bits per heavy atom. The Morgan fingerprint density at radius 1 is 1.09 bits per heavy atom. The van der Waals surface area contributed by atoms with E-state index in [9.17, 15) is 9.90 Å². The van der Waals surface area contributed by atoms with Crippen LogP contribution in [0.5, 0.6) is 0 Å². The first-order chi connectivity index (χ1) is 10.6. The number of aliphatic hydroxyl groups is 1. The van der Waals surface area contributed by atoms with Crippen molar-refractivity contribution in [3.8, 4) is 0 Å². The zero-order valence-corrected chi connectivity index (χ0v) is 14.0. The standard InChI is InChI=1S/C18H32N2O2/c1-14-4-6-15(7-5-14)20(16-8-9-16)17(22)12-19-18(13-21)10-2-3-11-18/h14-16,19,21H,2-13H2,1H3. The third-order valence-corrected chi connectivity index (χ3v) is 6.08. The predicted octanol–water partition coefficient (Wildman–Crippen LogP) is 2.45. The molecule has 0 aromatic heterocycles. The van der Waals surface area contributed by atoms with Gasteiger partial charge in [-0.3, -0.25) is 4.79 Å². The van der Waals surface area contributed by atoms with Crippen LogP contribution in [0.1, 0.15) is 71.1 Å². The van der Waals surface area contributed by atoms with Crippen LogP contribution < -0.4 is 5.32 Å². The van der Waals surface area contributed by atoms with Crippen LogP contribution in [-0.4, -0.2) is 46.7 Å². The number of hydrogen-bond acceptors (Lipinski definition) is 3. The summed E-state index contributed by atoms with van der Waals surface area (Å²) in [6.45, 7) is 2.89. The maximum Gasteiger partial charge on any atom is 0.237 e. The molecule has 3 rings (SSSR count). The number of nitrogens with zero attached hydrogens (tertiary/aromatic N) is 1. The van der Waals surface area contributed by atoms with Crippen molar-refractivity contribution in [1.29, 1.82) is 0 Å². The Bertz CT molecular complexity index is 381. The van der Waals surface area contributed by atoms with Gasteiger partial charge in [0, 0.05) is 17.6 Å². The second-order valence-electron chi connectivity index (χ2n) is 7.94. The lowest BCUT2D eigenvalue weighted by Crippen LogP contribution is -2.53. The van der Waals surface area contributed by atoms with E-state index in [1.807, 2.05) is 0 Å². The maximum atomic E-state index is 12.8. The summed E-state index contributed by atoms with van der Waals surface area (Å²) in [5.74, 6) is 1.09. The van der Waals surface area contributed by atoms with Crippen LogP contribution in [0.4, 0.5) is 0 Å². The van der Waals surface area contributed by atoms with Gasteiger partial charge >= 0.3 is 0 Å². The largest absolute Gasteiger partial charge is 0.394 e. The second-order valence-corrected chi connectivity index (χ2v) is 7.94. The van der Waals surface area contributed by atoms with E-state index in [2.05, 4.69) is 17.1 Å². The van der Waals surface area contributed by atoms with E-state index in [4.69, 9.17) is 0 Å². The van der Waals surface area contributed by atoms with Crippen LogP contribution in [-0.2, 0) is 4.79 Å². The van der Waals surface area contributed by atoms with Crippen molar-refractivity contribution in [2.45, 2.75) is 88.8 Å². The molecule has 0 unspecified atom stereocenters. The first-order valence-corrected chi connectivity index (χ1v) is 9.30. The molecule has 1 amide bonds. The molecule has 3 saturated carbocycles. The van der Waals surface area contributed by atoms with Gasteiger partial charge in [0.15, 0.2) is 0 Å². The number of carbonyl (C=O) groups excluding carboxylic acids is 1. The summed E-state index contributed by atoms with van der Waals surface area (Å²) in [5.41, 5.74) is -0.189. The minimum atomic E-state index is -0.189. The van der Waals surface area contributed by atoms with Gasteiger partial charge in [0.2, 0.25) is 5.91 Å². The van der Waals surface area contributed by atoms with E-state index in [0.717, 1.165) is 31.6 Å². The van der Waals surface area contributed by atoms with Crippen molar-refractivity contribution < 1.29 is 9.90 Å². The quantitative estimate of drug-likeness (QED) is 0.792. The fourth-order valence-electron chi connectivity index (χ4n) is 4.38. The molecule has 4 nitrogen and oxygen atoms in total. The highest BCUT2D eigenvalue weighted by atomic mass is 16.3. The number of hydrogen-bond donors (Lipinski definition) is 2. The number of nitrogens with one attached hydrogen (secondary N) is 1. The summed E-state index contributed by atoms with van der Waals surface area (Å²) in [6, 6.07) is 0.966. The van der Waals surface area contributed by atoms with Gasteiger partial charge in [0.25, 0.3) is 0 Å². The molecule has 0 radical (unpaired) electrons. The van der Waals surface area contributed by atoms with Crippen molar-refractivity contribution in [3.63, 3.8) is 0 Å². The van der Waals surface area contributed by atoms with Gasteiger partial charge < -0.3 is 15.3 Å². The number of aliphatic hydroxyl groups excluding tert-OH is 1. The molecule has 0 atom stereocenters. The van der Waals surface area contributed by atoms with Crippen molar-refractivity contribution in [2.75, 3.05) is 13.2 Å². The Balaban J connectivity index is 1.56. The van der Waals surface area contributed by atoms with Crippen LogP contribution in [0.2, 0.25) is 0 Å². The molecule has 0 saturated heterocycles. The number of amides is 1. The van der Waals surface area contributed by atoms with Crippen LogP contribution in [0.25, 0.3) is 0 Å². The van der Waals surface area contributed by atoms with Crippen LogP contribution in [0.3, 0.4) is 0 Å². The minimum absolute atomic E-state index is 0.157. The lowest BCUT2D eigenvalue weighted by molar-refractivity contribution is -0.134. The molecule has 0 heterocycles. The smallest absolute Gasteiger partial charge is 0.237 e. The Kier molecular flexibility index (Phi) is 5.08. The third kappa shape index (κ3) is 3.65. The second kappa shape index (κ2) is 6.88. The fraction of sp³-hybridized carbons (Fsp3) is 0.944. The monoisotopic (exact) mass is 308 g/mol. The van der Waals surface area contributed by atoms with Gasteiger partial charge in [-0.25, -0.2) is 0 Å². The minimum Gasteiger partial charge on any atom is -0.394 e. The van der Waals surface area contributed by atoms with Crippen molar-refractivity contribution in [3.05, 3.63) is 0 Å². The van der Waals surface area contributed by atoms with Crippen LogP contribution >= 0.6 is 0 Å². The molecular weight excluding hydrogens is 276 g/mol. The predicted molar refractivity (Wildman–Crippen MR) is 87.6 cm³/mol. The molecule has 2 N–H and O–H groups in total. The molecule has 4 heteroatoms. The summed E-state index contributed by atoms with van der Waals surface area (Å²) in [4.78, 5) is 15.0. The molecular formula is C18H32N2O2. The van der Waals surface area contributed by atoms with E-state index in [-0.39, 0.29) is 18.1 Å². The molecule has 0 spiro atoms. The molecule has 0 aromatic carbocycles. The van der Waals surface area contributed by atoms with E-state index in [0.29, 0.717) is 18.6 Å². The van der Waals surface area contributed by atoms with Gasteiger partial charge in [0.1, 0.15) is 0 Å². The van der Waals surface area contributed by atoms with Gasteiger partial charge in [-0.1, -0.05) is 19.8 Å². The Labute approximate surface area is 134 Å². The number of rotatable bonds is 6. The lowest BCUT2D eigenvalue weighted by atomic mass is 9.86. The zero-order valence-electron chi connectivity index (χ0n) is 14.0. The molecule has 3 aliphatic carbocycles. The Morgan fingerprint density at radius 3 is 2.14 bits per heavy atom. The molecule has 22 heavy (non-hydrogen) atoms. The topological polar surface area (TPSA) is 52.6 Å². The zero-order chi connectivity index (χ0) is 15.6. The van der Waals surface area contributed by atoms with Crippen molar-refractivity contribution in [2.24, 2.45) is 5.92 Å². The highest BCUT2D eigenvalue weighted by molar-refractivity contribution is 5.79. The highest BCUT2D eigenvalue weighted by Crippen LogP contribution is 2.35. The van der Waals surface area contributed by atoms with E-state index < -0.39 is 0 Å².